The van der Waals surface area contributed by atoms with Gasteiger partial charge in [-0.2, -0.15) is 0 Å². The quantitative estimate of drug-likeness (QED) is 0.703. The highest BCUT2D eigenvalue weighted by Gasteiger charge is 2.04. The fourth-order valence-corrected chi connectivity index (χ4v) is 2.33. The number of benzene rings is 1. The number of para-hydroxylation sites is 1. The van der Waals surface area contributed by atoms with E-state index in [9.17, 15) is 0 Å². The molecule has 0 aliphatic heterocycles. The van der Waals surface area contributed by atoms with Gasteiger partial charge in [0.2, 0.25) is 0 Å². The fourth-order valence-electron chi connectivity index (χ4n) is 2.33. The van der Waals surface area contributed by atoms with Gasteiger partial charge >= 0.3 is 0 Å². The molecule has 0 aliphatic rings. The molecule has 5 heteroatoms. The van der Waals surface area contributed by atoms with E-state index in [0.29, 0.717) is 0 Å². The predicted octanol–water partition coefficient (Wildman–Crippen LogP) is 2.07. The first-order chi connectivity index (χ1) is 10.4. The largest absolute Gasteiger partial charge is 0.496 e. The lowest BCUT2D eigenvalue weighted by molar-refractivity contribution is 0.407. The molecule has 0 atom stereocenters. The first-order valence-electron chi connectivity index (χ1n) is 7.00. The number of methoxy groups -OCH3 is 1. The molecule has 108 valence electrons. The van der Waals surface area contributed by atoms with Crippen LogP contribution >= 0.6 is 0 Å². The summed E-state index contributed by atoms with van der Waals surface area (Å²) in [7, 11) is 1.70. The molecule has 0 saturated carbocycles. The van der Waals surface area contributed by atoms with E-state index in [1.165, 1.54) is 0 Å². The highest BCUT2D eigenvalue weighted by molar-refractivity contribution is 5.37. The molecule has 0 spiro atoms. The summed E-state index contributed by atoms with van der Waals surface area (Å²) >= 11 is 0. The molecule has 0 aliphatic carbocycles. The molecule has 0 unspecified atom stereocenters. The molecule has 1 N–H and O–H groups in total. The van der Waals surface area contributed by atoms with Gasteiger partial charge in [0, 0.05) is 31.3 Å². The lowest BCUT2D eigenvalue weighted by atomic mass is 10.2. The van der Waals surface area contributed by atoms with Crippen molar-refractivity contribution in [3.05, 3.63) is 60.0 Å². The maximum Gasteiger partial charge on any atom is 0.160 e. The van der Waals surface area contributed by atoms with E-state index >= 15 is 0 Å². The van der Waals surface area contributed by atoms with Crippen molar-refractivity contribution in [2.75, 3.05) is 13.7 Å². The summed E-state index contributed by atoms with van der Waals surface area (Å²) in [6.07, 6.45) is 2.82. The van der Waals surface area contributed by atoms with E-state index < -0.39 is 0 Å². The minimum atomic E-state index is 0.779. The number of nitrogens with zero attached hydrogens (tertiary/aromatic N) is 3. The number of ether oxygens (including phenoxy) is 1. The van der Waals surface area contributed by atoms with Gasteiger partial charge in [-0.3, -0.25) is 4.40 Å². The molecule has 0 saturated heterocycles. The van der Waals surface area contributed by atoms with Gasteiger partial charge < -0.3 is 10.1 Å². The van der Waals surface area contributed by atoms with E-state index in [1.54, 1.807) is 7.11 Å². The minimum Gasteiger partial charge on any atom is -0.496 e. The van der Waals surface area contributed by atoms with Crippen LogP contribution in [0.1, 0.15) is 11.4 Å². The smallest absolute Gasteiger partial charge is 0.160 e. The third-order valence-electron chi connectivity index (χ3n) is 3.42. The Hall–Kier alpha value is -2.40. The van der Waals surface area contributed by atoms with Gasteiger partial charge in [-0.15, -0.1) is 10.2 Å². The molecule has 2 aromatic heterocycles. The van der Waals surface area contributed by atoms with Crippen molar-refractivity contribution in [3.63, 3.8) is 0 Å². The standard InChI is InChI=1S/C16H18N4O/c1-21-14-7-3-2-6-13(14)12-17-10-9-16-19-18-15-8-4-5-11-20(15)16/h2-8,11,17H,9-10,12H2,1H3. The molecular formula is C16H18N4O. The molecule has 0 amide bonds. The molecule has 5 nitrogen and oxygen atoms in total. The number of fused-ring (bicyclic) bond motifs is 1. The van der Waals surface area contributed by atoms with Crippen molar-refractivity contribution in [3.8, 4) is 5.75 Å². The van der Waals surface area contributed by atoms with Gasteiger partial charge in [0.25, 0.3) is 0 Å². The summed E-state index contributed by atoms with van der Waals surface area (Å²) in [5.74, 6) is 1.89. The van der Waals surface area contributed by atoms with Gasteiger partial charge in [-0.1, -0.05) is 24.3 Å². The first kappa shape index (κ1) is 13.6. The second-order valence-electron chi connectivity index (χ2n) is 4.78. The predicted molar refractivity (Wildman–Crippen MR) is 81.4 cm³/mol. The van der Waals surface area contributed by atoms with E-state index in [1.807, 2.05) is 47.0 Å². The molecule has 3 aromatic rings. The van der Waals surface area contributed by atoms with Crippen molar-refractivity contribution in [2.24, 2.45) is 0 Å². The van der Waals surface area contributed by atoms with Gasteiger partial charge in [-0.25, -0.2) is 0 Å². The van der Waals surface area contributed by atoms with Gasteiger partial charge in [0.05, 0.1) is 7.11 Å². The monoisotopic (exact) mass is 282 g/mol. The lowest BCUT2D eigenvalue weighted by Gasteiger charge is -2.09. The van der Waals surface area contributed by atoms with Gasteiger partial charge in [0.15, 0.2) is 5.65 Å². The number of pyridine rings is 1. The maximum atomic E-state index is 5.34. The SMILES string of the molecule is COc1ccccc1CNCCc1nnc2ccccn12. The summed E-state index contributed by atoms with van der Waals surface area (Å²) in [6, 6.07) is 14.0. The summed E-state index contributed by atoms with van der Waals surface area (Å²) < 4.78 is 7.36. The third-order valence-corrected chi connectivity index (χ3v) is 3.42. The zero-order valence-corrected chi connectivity index (χ0v) is 12.0. The summed E-state index contributed by atoms with van der Waals surface area (Å²) in [5, 5.41) is 11.8. The molecule has 3 rings (SSSR count). The number of nitrogens with one attached hydrogen (secondary N) is 1. The topological polar surface area (TPSA) is 51.5 Å². The Labute approximate surface area is 123 Å². The molecule has 2 heterocycles. The molecule has 1 aromatic carbocycles. The van der Waals surface area contributed by atoms with Crippen LogP contribution in [-0.2, 0) is 13.0 Å². The Morgan fingerprint density at radius 3 is 2.86 bits per heavy atom. The zero-order valence-electron chi connectivity index (χ0n) is 12.0. The Kier molecular flexibility index (Phi) is 4.12. The van der Waals surface area contributed by atoms with Crippen LogP contribution in [0.2, 0.25) is 0 Å². The lowest BCUT2D eigenvalue weighted by Crippen LogP contribution is -2.18. The number of hydrogen-bond donors (Lipinski definition) is 1. The number of aromatic nitrogens is 3. The average molecular weight is 282 g/mol. The third kappa shape index (κ3) is 3.03. The highest BCUT2D eigenvalue weighted by Crippen LogP contribution is 2.16. The second kappa shape index (κ2) is 6.37. The van der Waals surface area contributed by atoms with Crippen LogP contribution in [-0.4, -0.2) is 28.3 Å². The average Bonchev–Trinajstić information content (AvgIpc) is 2.95. The molecule has 0 fully saturated rings. The van der Waals surface area contributed by atoms with Crippen LogP contribution in [0.15, 0.2) is 48.7 Å². The van der Waals surface area contributed by atoms with Crippen molar-refractivity contribution in [2.45, 2.75) is 13.0 Å². The maximum absolute atomic E-state index is 5.34. The fraction of sp³-hybridized carbons (Fsp3) is 0.250. The molecule has 21 heavy (non-hydrogen) atoms. The van der Waals surface area contributed by atoms with E-state index in [-0.39, 0.29) is 0 Å². The van der Waals surface area contributed by atoms with Crippen LogP contribution < -0.4 is 10.1 Å². The van der Waals surface area contributed by atoms with Crippen molar-refractivity contribution in [1.82, 2.24) is 19.9 Å². The van der Waals surface area contributed by atoms with Crippen LogP contribution in [0, 0.1) is 0 Å². The van der Waals surface area contributed by atoms with E-state index in [4.69, 9.17) is 4.74 Å². The van der Waals surface area contributed by atoms with Crippen LogP contribution in [0.3, 0.4) is 0 Å². The summed E-state index contributed by atoms with van der Waals surface area (Å²) in [4.78, 5) is 0. The van der Waals surface area contributed by atoms with Crippen molar-refractivity contribution < 1.29 is 4.74 Å². The van der Waals surface area contributed by atoms with Crippen LogP contribution in [0.25, 0.3) is 5.65 Å². The van der Waals surface area contributed by atoms with Crippen molar-refractivity contribution >= 4 is 5.65 Å². The molecule has 0 radical (unpaired) electrons. The Balaban J connectivity index is 1.57. The highest BCUT2D eigenvalue weighted by atomic mass is 16.5. The minimum absolute atomic E-state index is 0.779. The van der Waals surface area contributed by atoms with Gasteiger partial charge in [-0.05, 0) is 18.2 Å². The van der Waals surface area contributed by atoms with Gasteiger partial charge in [0.1, 0.15) is 11.6 Å². The van der Waals surface area contributed by atoms with Crippen molar-refractivity contribution in [1.29, 1.82) is 0 Å². The Bertz CT molecular complexity index is 723. The summed E-state index contributed by atoms with van der Waals surface area (Å²) in [6.45, 7) is 1.62. The Morgan fingerprint density at radius 2 is 1.95 bits per heavy atom. The molecule has 0 bridgehead atoms. The van der Waals surface area contributed by atoms with E-state index in [0.717, 1.165) is 42.3 Å². The molecular weight excluding hydrogens is 264 g/mol. The summed E-state index contributed by atoms with van der Waals surface area (Å²) in [5.41, 5.74) is 2.04. The number of rotatable bonds is 6. The van der Waals surface area contributed by atoms with Crippen LogP contribution in [0.5, 0.6) is 5.75 Å². The van der Waals surface area contributed by atoms with E-state index in [2.05, 4.69) is 21.6 Å². The first-order valence-corrected chi connectivity index (χ1v) is 7.00. The second-order valence-corrected chi connectivity index (χ2v) is 4.78. The Morgan fingerprint density at radius 1 is 1.10 bits per heavy atom. The normalized spacial score (nSPS) is 10.9. The number of hydrogen-bond acceptors (Lipinski definition) is 4. The van der Waals surface area contributed by atoms with Crippen LogP contribution in [0.4, 0.5) is 0 Å². The zero-order chi connectivity index (χ0) is 14.5.